The summed E-state index contributed by atoms with van der Waals surface area (Å²) in [6.45, 7) is 8.86. The molecular weight excluding hydrogens is 272 g/mol. The van der Waals surface area contributed by atoms with E-state index in [0.717, 1.165) is 31.1 Å². The highest BCUT2D eigenvalue weighted by atomic mass is 16.4. The van der Waals surface area contributed by atoms with Crippen LogP contribution in [0.25, 0.3) is 0 Å². The molecular formula is C20H30O2. The Morgan fingerprint density at radius 3 is 2.64 bits per heavy atom. The quantitative estimate of drug-likeness (QED) is 0.689. The molecule has 0 unspecified atom stereocenters. The van der Waals surface area contributed by atoms with Crippen molar-refractivity contribution in [2.45, 2.75) is 71.6 Å². The first-order valence-corrected chi connectivity index (χ1v) is 9.23. The Morgan fingerprint density at radius 2 is 1.91 bits per heavy atom. The van der Waals surface area contributed by atoms with Gasteiger partial charge in [-0.15, -0.1) is 0 Å². The summed E-state index contributed by atoms with van der Waals surface area (Å²) in [5.41, 5.74) is 1.71. The number of hydrogen-bond donors (Lipinski definition) is 1. The second kappa shape index (κ2) is 4.39. The summed E-state index contributed by atoms with van der Waals surface area (Å²) in [6.07, 6.45) is 10.8. The predicted octanol–water partition coefficient (Wildman–Crippen LogP) is 5.04. The number of carbonyl (C=O) groups is 1. The van der Waals surface area contributed by atoms with E-state index in [4.69, 9.17) is 0 Å². The van der Waals surface area contributed by atoms with Gasteiger partial charge in [-0.1, -0.05) is 25.5 Å². The Morgan fingerprint density at radius 1 is 1.14 bits per heavy atom. The van der Waals surface area contributed by atoms with Gasteiger partial charge in [0, 0.05) is 0 Å². The maximum atomic E-state index is 12.0. The third-order valence-corrected chi connectivity index (χ3v) is 8.54. The van der Waals surface area contributed by atoms with Gasteiger partial charge in [-0.2, -0.15) is 0 Å². The fraction of sp³-hybridized carbons (Fsp3) is 0.850. The number of hydrogen-bond acceptors (Lipinski definition) is 1. The Bertz CT molecular complexity index is 538. The van der Waals surface area contributed by atoms with Crippen LogP contribution in [-0.4, -0.2) is 11.1 Å². The summed E-state index contributed by atoms with van der Waals surface area (Å²) in [6, 6.07) is 0. The normalized spacial score (nSPS) is 53.7. The third kappa shape index (κ3) is 1.65. The van der Waals surface area contributed by atoms with Crippen molar-refractivity contribution in [3.05, 3.63) is 12.2 Å². The van der Waals surface area contributed by atoms with Gasteiger partial charge in [0.2, 0.25) is 0 Å². The SMILES string of the molecule is C=C1C[C@@]23CC[C@H]4[C@](C)(CCC[C@@]4(C)C(=O)O)[C@@H]2CC[C@@H]1C3. The average molecular weight is 302 g/mol. The second-order valence-electron chi connectivity index (χ2n) is 9.40. The lowest BCUT2D eigenvalue weighted by Crippen LogP contribution is -2.58. The lowest BCUT2D eigenvalue weighted by Gasteiger charge is -2.63. The zero-order valence-corrected chi connectivity index (χ0v) is 14.2. The number of carboxylic acids is 1. The zero-order chi connectivity index (χ0) is 15.8. The lowest BCUT2D eigenvalue weighted by molar-refractivity contribution is -0.181. The molecule has 4 aliphatic carbocycles. The van der Waals surface area contributed by atoms with Gasteiger partial charge in [-0.3, -0.25) is 4.79 Å². The van der Waals surface area contributed by atoms with Crippen LogP contribution in [0.5, 0.6) is 0 Å². The Kier molecular flexibility index (Phi) is 2.95. The van der Waals surface area contributed by atoms with Crippen LogP contribution in [-0.2, 0) is 4.79 Å². The topological polar surface area (TPSA) is 37.3 Å². The van der Waals surface area contributed by atoms with Crippen LogP contribution in [0.4, 0.5) is 0 Å². The molecule has 0 heterocycles. The number of fused-ring (bicyclic) bond motifs is 3. The summed E-state index contributed by atoms with van der Waals surface area (Å²) in [5, 5.41) is 9.90. The second-order valence-corrected chi connectivity index (χ2v) is 9.40. The predicted molar refractivity (Wildman–Crippen MR) is 87.4 cm³/mol. The van der Waals surface area contributed by atoms with E-state index in [1.807, 2.05) is 6.92 Å². The summed E-state index contributed by atoms with van der Waals surface area (Å²) in [4.78, 5) is 12.0. The van der Waals surface area contributed by atoms with Crippen LogP contribution in [0.15, 0.2) is 12.2 Å². The van der Waals surface area contributed by atoms with E-state index in [-0.39, 0.29) is 5.41 Å². The van der Waals surface area contributed by atoms with Crippen molar-refractivity contribution in [3.63, 3.8) is 0 Å². The molecule has 0 aromatic carbocycles. The summed E-state index contributed by atoms with van der Waals surface area (Å²) in [5.74, 6) is 1.32. The molecule has 2 heteroatoms. The van der Waals surface area contributed by atoms with Crippen LogP contribution < -0.4 is 0 Å². The van der Waals surface area contributed by atoms with Crippen molar-refractivity contribution in [3.8, 4) is 0 Å². The first kappa shape index (κ1) is 14.8. The van der Waals surface area contributed by atoms with Crippen molar-refractivity contribution in [2.75, 3.05) is 0 Å². The fourth-order valence-electron chi connectivity index (χ4n) is 7.61. The molecule has 4 saturated carbocycles. The van der Waals surface area contributed by atoms with E-state index >= 15 is 0 Å². The standard InChI is InChI=1S/C20H30O2/c1-13-11-20-10-7-15-18(2,16(20)6-5-14(13)12-20)8-4-9-19(15,3)17(21)22/h14-16H,1,4-12H2,2-3H3,(H,21,22)/t14-,15+,16+,18+,19-,20-/m1/s1. The minimum atomic E-state index is -0.552. The maximum absolute atomic E-state index is 12.0. The minimum absolute atomic E-state index is 0.235. The van der Waals surface area contributed by atoms with E-state index in [1.165, 1.54) is 44.1 Å². The minimum Gasteiger partial charge on any atom is -0.481 e. The highest BCUT2D eigenvalue weighted by molar-refractivity contribution is 5.75. The van der Waals surface area contributed by atoms with Crippen LogP contribution in [0.3, 0.4) is 0 Å². The van der Waals surface area contributed by atoms with Gasteiger partial charge in [0.1, 0.15) is 0 Å². The lowest BCUT2D eigenvalue weighted by atomic mass is 9.41. The molecule has 2 nitrogen and oxygen atoms in total. The molecule has 6 atom stereocenters. The molecule has 0 aliphatic heterocycles. The number of aliphatic carboxylic acids is 1. The number of allylic oxidation sites excluding steroid dienone is 1. The smallest absolute Gasteiger partial charge is 0.309 e. The molecule has 4 fully saturated rings. The van der Waals surface area contributed by atoms with E-state index in [9.17, 15) is 9.90 Å². The molecule has 4 rings (SSSR count). The monoisotopic (exact) mass is 302 g/mol. The zero-order valence-electron chi connectivity index (χ0n) is 14.2. The molecule has 0 radical (unpaired) electrons. The average Bonchev–Trinajstić information content (AvgIpc) is 2.68. The van der Waals surface area contributed by atoms with Gasteiger partial charge >= 0.3 is 5.97 Å². The highest BCUT2D eigenvalue weighted by Crippen LogP contribution is 2.72. The molecule has 0 saturated heterocycles. The summed E-state index contributed by atoms with van der Waals surface area (Å²) in [7, 11) is 0. The molecule has 1 N–H and O–H groups in total. The Balaban J connectivity index is 1.75. The number of carboxylic acid groups (broad SMARTS) is 1. The van der Waals surface area contributed by atoms with E-state index in [1.54, 1.807) is 0 Å². The molecule has 4 aliphatic rings. The Hall–Kier alpha value is -0.790. The molecule has 22 heavy (non-hydrogen) atoms. The van der Waals surface area contributed by atoms with Gasteiger partial charge in [0.15, 0.2) is 0 Å². The van der Waals surface area contributed by atoms with E-state index < -0.39 is 11.4 Å². The Labute approximate surface area is 134 Å². The third-order valence-electron chi connectivity index (χ3n) is 8.54. The molecule has 0 amide bonds. The molecule has 2 bridgehead atoms. The van der Waals surface area contributed by atoms with Gasteiger partial charge in [-0.05, 0) is 86.9 Å². The van der Waals surface area contributed by atoms with Gasteiger partial charge < -0.3 is 5.11 Å². The van der Waals surface area contributed by atoms with Crippen molar-refractivity contribution in [1.82, 2.24) is 0 Å². The fourth-order valence-corrected chi connectivity index (χ4v) is 7.61. The van der Waals surface area contributed by atoms with Crippen molar-refractivity contribution >= 4 is 5.97 Å². The largest absolute Gasteiger partial charge is 0.481 e. The van der Waals surface area contributed by atoms with Crippen LogP contribution in [0, 0.1) is 34.0 Å². The first-order valence-electron chi connectivity index (χ1n) is 9.23. The summed E-state index contributed by atoms with van der Waals surface area (Å²) < 4.78 is 0. The van der Waals surface area contributed by atoms with Crippen molar-refractivity contribution < 1.29 is 9.90 Å². The number of rotatable bonds is 1. The van der Waals surface area contributed by atoms with Crippen LogP contribution >= 0.6 is 0 Å². The van der Waals surface area contributed by atoms with Gasteiger partial charge in [-0.25, -0.2) is 0 Å². The molecule has 0 aromatic rings. The maximum Gasteiger partial charge on any atom is 0.309 e. The van der Waals surface area contributed by atoms with Crippen LogP contribution in [0.1, 0.15) is 71.6 Å². The van der Waals surface area contributed by atoms with E-state index in [2.05, 4.69) is 13.5 Å². The van der Waals surface area contributed by atoms with Crippen molar-refractivity contribution in [2.24, 2.45) is 34.0 Å². The van der Waals surface area contributed by atoms with E-state index in [0.29, 0.717) is 11.3 Å². The van der Waals surface area contributed by atoms with Crippen molar-refractivity contribution in [1.29, 1.82) is 0 Å². The van der Waals surface area contributed by atoms with Crippen LogP contribution in [0.2, 0.25) is 0 Å². The van der Waals surface area contributed by atoms with Gasteiger partial charge in [0.25, 0.3) is 0 Å². The molecule has 1 spiro atoms. The first-order chi connectivity index (χ1) is 10.3. The summed E-state index contributed by atoms with van der Waals surface area (Å²) >= 11 is 0. The van der Waals surface area contributed by atoms with Gasteiger partial charge in [0.05, 0.1) is 5.41 Å². The molecule has 0 aromatic heterocycles. The highest BCUT2D eigenvalue weighted by Gasteiger charge is 2.64. The molecule has 122 valence electrons.